The number of carbonyl (C=O) groups is 4. The zero-order valence-corrected chi connectivity index (χ0v) is 32.3. The zero-order valence-electron chi connectivity index (χ0n) is 32.3. The predicted molar refractivity (Wildman–Crippen MR) is 194 cm³/mol. The minimum Gasteiger partial charge on any atom is -0.462 e. The minimum absolute atomic E-state index is 0.00576. The number of carbonyl (C=O) groups excluding carboxylic acids is 4. The molecule has 0 saturated heterocycles. The first-order chi connectivity index (χ1) is 24.6. The average Bonchev–Trinajstić information content (AvgIpc) is 3.05. The number of aliphatic hydroxyl groups excluding tert-OH is 1. The van der Waals surface area contributed by atoms with E-state index in [0.29, 0.717) is 5.56 Å². The number of aryl methyl sites for hydroxylation is 2. The van der Waals surface area contributed by atoms with Crippen LogP contribution in [0.3, 0.4) is 0 Å². The lowest BCUT2D eigenvalue weighted by molar-refractivity contribution is -0.251. The summed E-state index contributed by atoms with van der Waals surface area (Å²) in [4.78, 5) is 67.8. The molecule has 0 aliphatic heterocycles. The van der Waals surface area contributed by atoms with Gasteiger partial charge in [0.2, 0.25) is 5.91 Å². The van der Waals surface area contributed by atoms with Crippen molar-refractivity contribution >= 4 is 35.3 Å². The highest BCUT2D eigenvalue weighted by atomic mass is 19.1. The van der Waals surface area contributed by atoms with E-state index in [2.05, 4.69) is 16.1 Å². The van der Waals surface area contributed by atoms with Crippen LogP contribution in [0.2, 0.25) is 0 Å². The first-order valence-corrected chi connectivity index (χ1v) is 17.3. The Morgan fingerprint density at radius 3 is 2.26 bits per heavy atom. The highest BCUT2D eigenvalue weighted by molar-refractivity contribution is 5.99. The van der Waals surface area contributed by atoms with Gasteiger partial charge in [0, 0.05) is 25.5 Å². The van der Waals surface area contributed by atoms with Crippen LogP contribution in [-0.2, 0) is 45.2 Å². The SMILES string of the molecule is Cc1ccc(Nc2c(C(=O)NOCCOC(=O)C(C)NC(=O)CCCC(=O)OCC(OC(CO)C(C)(C)C)OC(C)(C)C)cc(C)c(=O)n2C)c(F)c1. The number of anilines is 2. The molecule has 0 aliphatic rings. The van der Waals surface area contributed by atoms with Crippen molar-refractivity contribution in [3.05, 3.63) is 57.1 Å². The molecular weight excluding hydrogens is 695 g/mol. The lowest BCUT2D eigenvalue weighted by Crippen LogP contribution is -2.42. The van der Waals surface area contributed by atoms with Gasteiger partial charge in [-0.05, 0) is 77.1 Å². The highest BCUT2D eigenvalue weighted by Gasteiger charge is 2.31. The Kier molecular flexibility index (Phi) is 17.0. The van der Waals surface area contributed by atoms with E-state index in [-0.39, 0.29) is 79.3 Å². The van der Waals surface area contributed by atoms with Crippen LogP contribution in [0.1, 0.15) is 89.2 Å². The number of nitrogens with one attached hydrogen (secondary N) is 3. The first-order valence-electron chi connectivity index (χ1n) is 17.3. The number of aliphatic hydroxyl groups is 1. The third-order valence-corrected chi connectivity index (χ3v) is 7.64. The molecular formula is C37H55FN4O11. The molecule has 2 aromatic rings. The maximum absolute atomic E-state index is 14.5. The second-order valence-electron chi connectivity index (χ2n) is 14.7. The predicted octanol–water partition coefficient (Wildman–Crippen LogP) is 3.87. The van der Waals surface area contributed by atoms with Gasteiger partial charge in [-0.2, -0.15) is 0 Å². The lowest BCUT2D eigenvalue weighted by Gasteiger charge is -2.35. The number of halogens is 1. The number of ether oxygens (including phenoxy) is 4. The molecule has 15 nitrogen and oxygen atoms in total. The van der Waals surface area contributed by atoms with Crippen molar-refractivity contribution < 1.29 is 52.5 Å². The first kappa shape index (κ1) is 44.8. The topological polar surface area (TPSA) is 193 Å². The molecule has 1 aromatic heterocycles. The lowest BCUT2D eigenvalue weighted by atomic mass is 9.89. The third kappa shape index (κ3) is 15.2. The molecule has 0 fully saturated rings. The normalized spacial score (nSPS) is 13.4. The van der Waals surface area contributed by atoms with Crippen molar-refractivity contribution in [1.82, 2.24) is 15.4 Å². The number of esters is 2. The molecule has 0 bridgehead atoms. The quantitative estimate of drug-likeness (QED) is 0.0703. The number of pyridine rings is 1. The fourth-order valence-electron chi connectivity index (χ4n) is 4.75. The maximum atomic E-state index is 14.5. The Labute approximate surface area is 309 Å². The van der Waals surface area contributed by atoms with Gasteiger partial charge in [-0.1, -0.05) is 26.8 Å². The van der Waals surface area contributed by atoms with E-state index in [4.69, 9.17) is 23.8 Å². The number of hydrogen-bond donors (Lipinski definition) is 4. The molecule has 0 spiro atoms. The van der Waals surface area contributed by atoms with Crippen LogP contribution in [0.4, 0.5) is 15.9 Å². The van der Waals surface area contributed by atoms with Gasteiger partial charge < -0.3 is 34.7 Å². The molecule has 1 heterocycles. The molecule has 53 heavy (non-hydrogen) atoms. The Morgan fingerprint density at radius 2 is 1.66 bits per heavy atom. The molecule has 4 N–H and O–H groups in total. The van der Waals surface area contributed by atoms with Crippen LogP contribution in [0, 0.1) is 25.1 Å². The van der Waals surface area contributed by atoms with Gasteiger partial charge in [0.05, 0.1) is 29.6 Å². The van der Waals surface area contributed by atoms with E-state index in [1.807, 2.05) is 41.5 Å². The molecule has 0 saturated carbocycles. The molecule has 3 atom stereocenters. The number of amides is 2. The number of hydrogen-bond acceptors (Lipinski definition) is 12. The van der Waals surface area contributed by atoms with E-state index < -0.39 is 53.6 Å². The number of aromatic nitrogens is 1. The van der Waals surface area contributed by atoms with Gasteiger partial charge in [0.1, 0.15) is 37.5 Å². The average molecular weight is 751 g/mol. The van der Waals surface area contributed by atoms with Crippen LogP contribution < -0.4 is 21.7 Å². The summed E-state index contributed by atoms with van der Waals surface area (Å²) in [5, 5.41) is 15.1. The number of hydroxylamine groups is 1. The fourth-order valence-corrected chi connectivity index (χ4v) is 4.75. The van der Waals surface area contributed by atoms with E-state index >= 15 is 0 Å². The Morgan fingerprint density at radius 1 is 0.981 bits per heavy atom. The van der Waals surface area contributed by atoms with Crippen LogP contribution in [-0.4, -0.2) is 83.9 Å². The molecule has 1 aromatic carbocycles. The molecule has 0 radical (unpaired) electrons. The largest absolute Gasteiger partial charge is 0.462 e. The summed E-state index contributed by atoms with van der Waals surface area (Å²) >= 11 is 0. The van der Waals surface area contributed by atoms with Crippen molar-refractivity contribution in [2.75, 3.05) is 31.7 Å². The summed E-state index contributed by atoms with van der Waals surface area (Å²) < 4.78 is 37.9. The number of benzene rings is 1. The van der Waals surface area contributed by atoms with Gasteiger partial charge in [-0.15, -0.1) is 0 Å². The van der Waals surface area contributed by atoms with Gasteiger partial charge in [0.25, 0.3) is 11.5 Å². The van der Waals surface area contributed by atoms with E-state index in [1.54, 1.807) is 13.0 Å². The van der Waals surface area contributed by atoms with Crippen molar-refractivity contribution in [3.8, 4) is 0 Å². The maximum Gasteiger partial charge on any atom is 0.328 e. The van der Waals surface area contributed by atoms with E-state index in [1.165, 1.54) is 43.7 Å². The summed E-state index contributed by atoms with van der Waals surface area (Å²) in [5.41, 5.74) is 1.87. The highest BCUT2D eigenvalue weighted by Crippen LogP contribution is 2.26. The smallest absolute Gasteiger partial charge is 0.328 e. The fraction of sp³-hybridized carbons (Fsp3) is 0.595. The van der Waals surface area contributed by atoms with Gasteiger partial charge >= 0.3 is 11.9 Å². The van der Waals surface area contributed by atoms with Gasteiger partial charge in [-0.25, -0.2) is 14.7 Å². The second-order valence-corrected chi connectivity index (χ2v) is 14.7. The van der Waals surface area contributed by atoms with Crippen LogP contribution in [0.25, 0.3) is 0 Å². The third-order valence-electron chi connectivity index (χ3n) is 7.64. The van der Waals surface area contributed by atoms with Crippen LogP contribution >= 0.6 is 0 Å². The van der Waals surface area contributed by atoms with Crippen LogP contribution in [0.5, 0.6) is 0 Å². The Hall–Kier alpha value is -4.38. The zero-order chi connectivity index (χ0) is 40.1. The Bertz CT molecular complexity index is 1630. The van der Waals surface area contributed by atoms with Crippen LogP contribution in [0.15, 0.2) is 29.1 Å². The number of nitrogens with zero attached hydrogens (tertiary/aromatic N) is 1. The van der Waals surface area contributed by atoms with Gasteiger partial charge in [-0.3, -0.25) is 28.6 Å². The summed E-state index contributed by atoms with van der Waals surface area (Å²) in [5.74, 6) is -3.08. The van der Waals surface area contributed by atoms with Crippen molar-refractivity contribution in [2.24, 2.45) is 12.5 Å². The number of rotatable bonds is 19. The standard InChI is InChI=1S/C37H55FN4O11/c1-22-14-15-27(26(38)18-22)40-32-25(19-23(2)34(47)42(32)10)33(46)41-51-17-16-49-35(48)24(3)39-29(44)12-11-13-30(45)50-21-31(53-37(7,8)9)52-28(20-43)36(4,5)6/h14-15,18-19,24,28,31,40,43H,11-13,16-17,20-21H2,1-10H3,(H,39,44)(H,41,46). The van der Waals surface area contributed by atoms with Gasteiger partial charge in [0.15, 0.2) is 6.29 Å². The van der Waals surface area contributed by atoms with Crippen molar-refractivity contribution in [2.45, 2.75) is 106 Å². The monoisotopic (exact) mass is 750 g/mol. The second kappa shape index (κ2) is 20.2. The molecule has 16 heteroatoms. The molecule has 0 aliphatic carbocycles. The minimum atomic E-state index is -1.01. The summed E-state index contributed by atoms with van der Waals surface area (Å²) in [6.45, 7) is 14.9. The summed E-state index contributed by atoms with van der Waals surface area (Å²) in [7, 11) is 1.44. The summed E-state index contributed by atoms with van der Waals surface area (Å²) in [6, 6.07) is 4.81. The molecule has 3 unspecified atom stereocenters. The molecule has 296 valence electrons. The Balaban J connectivity index is 1.77. The van der Waals surface area contributed by atoms with E-state index in [9.17, 15) is 33.5 Å². The molecule has 2 rings (SSSR count). The summed E-state index contributed by atoms with van der Waals surface area (Å²) in [6.07, 6.45) is -1.45. The van der Waals surface area contributed by atoms with Crippen molar-refractivity contribution in [3.63, 3.8) is 0 Å². The van der Waals surface area contributed by atoms with E-state index in [0.717, 1.165) is 0 Å². The van der Waals surface area contributed by atoms with Crippen molar-refractivity contribution in [1.29, 1.82) is 0 Å². The molecule has 2 amide bonds.